The first kappa shape index (κ1) is 26.1. The van der Waals surface area contributed by atoms with Crippen LogP contribution in [0.15, 0.2) is 60.7 Å². The number of rotatable bonds is 13. The molecule has 3 rings (SSSR count). The second kappa shape index (κ2) is 12.8. The summed E-state index contributed by atoms with van der Waals surface area (Å²) in [6.45, 7) is 4.89. The monoisotopic (exact) mass is 480 g/mol. The van der Waals surface area contributed by atoms with Crippen LogP contribution in [0.25, 0.3) is 11.1 Å². The normalized spacial score (nSPS) is 11.7. The maximum Gasteiger partial charge on any atom is 0.303 e. The van der Waals surface area contributed by atoms with Gasteiger partial charge in [0.1, 0.15) is 29.7 Å². The van der Waals surface area contributed by atoms with Gasteiger partial charge in [-0.2, -0.15) is 0 Å². The predicted octanol–water partition coefficient (Wildman–Crippen LogP) is 7.23. The van der Waals surface area contributed by atoms with Crippen LogP contribution >= 0.6 is 0 Å². The van der Waals surface area contributed by atoms with E-state index in [1.807, 2.05) is 49.4 Å². The minimum absolute atomic E-state index is 0.0633. The fraction of sp³-hybridized carbons (Fsp3) is 0.345. The van der Waals surface area contributed by atoms with E-state index in [0.29, 0.717) is 41.6 Å². The van der Waals surface area contributed by atoms with Gasteiger partial charge in [-0.05, 0) is 66.3 Å². The lowest BCUT2D eigenvalue weighted by Crippen LogP contribution is -2.06. The van der Waals surface area contributed by atoms with Crippen molar-refractivity contribution in [3.8, 4) is 28.4 Å². The number of carboxylic acids is 1. The number of halogens is 1. The number of aliphatic carboxylic acids is 1. The summed E-state index contributed by atoms with van der Waals surface area (Å²) in [7, 11) is 1.55. The number of unbranched alkanes of at least 4 members (excludes halogenated alkanes) is 1. The summed E-state index contributed by atoms with van der Waals surface area (Å²) in [4.78, 5) is 11.2. The van der Waals surface area contributed by atoms with Crippen LogP contribution in [-0.2, 0) is 11.4 Å². The van der Waals surface area contributed by atoms with Gasteiger partial charge >= 0.3 is 5.97 Å². The molecule has 0 fully saturated rings. The summed E-state index contributed by atoms with van der Waals surface area (Å²) in [5, 5.41) is 9.18. The lowest BCUT2D eigenvalue weighted by atomic mass is 9.93. The number of hydrogen-bond acceptors (Lipinski definition) is 4. The van der Waals surface area contributed by atoms with Crippen molar-refractivity contribution in [3.63, 3.8) is 0 Å². The molecule has 3 aromatic carbocycles. The van der Waals surface area contributed by atoms with Gasteiger partial charge in [-0.3, -0.25) is 4.79 Å². The second-order valence-corrected chi connectivity index (χ2v) is 8.44. The average molecular weight is 481 g/mol. The molecule has 0 unspecified atom stereocenters. The Labute approximate surface area is 206 Å². The zero-order valence-electron chi connectivity index (χ0n) is 20.6. The van der Waals surface area contributed by atoms with E-state index in [1.165, 1.54) is 6.07 Å². The van der Waals surface area contributed by atoms with Crippen LogP contribution in [0.2, 0.25) is 0 Å². The highest BCUT2D eigenvalue weighted by molar-refractivity contribution is 5.72. The first-order valence-electron chi connectivity index (χ1n) is 12.0. The standard InChI is InChI=1S/C29H33FO5/c1-4-6-14-34-28-15-20(10-12-25(28)26-18-23(33-3)11-13-27(26)30)19-35-24-9-7-8-22(16-24)21(5-2)17-29(31)32/h7-13,15-16,18,21H,4-6,14,17,19H2,1-3H3,(H,31,32)/t21-/m0/s1. The fourth-order valence-corrected chi connectivity index (χ4v) is 3.90. The first-order valence-corrected chi connectivity index (χ1v) is 12.0. The Morgan fingerprint density at radius 2 is 1.80 bits per heavy atom. The molecule has 0 heterocycles. The zero-order valence-corrected chi connectivity index (χ0v) is 20.6. The molecular formula is C29H33FO5. The Hall–Kier alpha value is -3.54. The number of carboxylic acid groups (broad SMARTS) is 1. The van der Waals surface area contributed by atoms with Crippen LogP contribution in [-0.4, -0.2) is 24.8 Å². The maximum atomic E-state index is 14.7. The Balaban J connectivity index is 1.83. The van der Waals surface area contributed by atoms with E-state index in [9.17, 15) is 14.3 Å². The minimum Gasteiger partial charge on any atom is -0.497 e. The van der Waals surface area contributed by atoms with Crippen LogP contribution in [0.4, 0.5) is 4.39 Å². The molecule has 1 atom stereocenters. The van der Waals surface area contributed by atoms with Crippen molar-refractivity contribution in [2.24, 2.45) is 0 Å². The third-order valence-corrected chi connectivity index (χ3v) is 5.91. The Bertz CT molecular complexity index is 1130. The van der Waals surface area contributed by atoms with E-state index in [0.717, 1.165) is 30.4 Å². The summed E-state index contributed by atoms with van der Waals surface area (Å²) in [6, 6.07) is 17.8. The van der Waals surface area contributed by atoms with Gasteiger partial charge in [0.25, 0.3) is 0 Å². The zero-order chi connectivity index (χ0) is 25.2. The Kier molecular flexibility index (Phi) is 9.53. The van der Waals surface area contributed by atoms with Gasteiger partial charge in [0.15, 0.2) is 0 Å². The van der Waals surface area contributed by atoms with Crippen molar-refractivity contribution in [2.45, 2.75) is 52.1 Å². The van der Waals surface area contributed by atoms with E-state index in [-0.39, 0.29) is 18.2 Å². The highest BCUT2D eigenvalue weighted by Crippen LogP contribution is 2.35. The van der Waals surface area contributed by atoms with E-state index in [4.69, 9.17) is 14.2 Å². The first-order chi connectivity index (χ1) is 16.9. The molecule has 0 radical (unpaired) electrons. The molecule has 0 saturated carbocycles. The minimum atomic E-state index is -0.814. The van der Waals surface area contributed by atoms with Gasteiger partial charge in [0, 0.05) is 11.1 Å². The molecule has 0 aliphatic carbocycles. The summed E-state index contributed by atoms with van der Waals surface area (Å²) >= 11 is 0. The molecule has 186 valence electrons. The fourth-order valence-electron chi connectivity index (χ4n) is 3.90. The number of benzene rings is 3. The highest BCUT2D eigenvalue weighted by Gasteiger charge is 2.16. The molecule has 3 aromatic rings. The molecule has 0 bridgehead atoms. The van der Waals surface area contributed by atoms with Crippen LogP contribution in [0, 0.1) is 5.82 Å². The van der Waals surface area contributed by atoms with Crippen molar-refractivity contribution in [1.82, 2.24) is 0 Å². The molecule has 5 nitrogen and oxygen atoms in total. The predicted molar refractivity (Wildman–Crippen MR) is 135 cm³/mol. The third kappa shape index (κ3) is 7.22. The molecule has 6 heteroatoms. The Morgan fingerprint density at radius 3 is 2.51 bits per heavy atom. The molecule has 1 N–H and O–H groups in total. The average Bonchev–Trinajstić information content (AvgIpc) is 2.87. The number of ether oxygens (including phenoxy) is 3. The van der Waals surface area contributed by atoms with Crippen molar-refractivity contribution < 1.29 is 28.5 Å². The molecule has 0 spiro atoms. The summed E-state index contributed by atoms with van der Waals surface area (Å²) in [6.07, 6.45) is 2.70. The van der Waals surface area contributed by atoms with Crippen molar-refractivity contribution >= 4 is 5.97 Å². The molecule has 0 aromatic heterocycles. The van der Waals surface area contributed by atoms with Crippen LogP contribution < -0.4 is 14.2 Å². The lowest BCUT2D eigenvalue weighted by Gasteiger charge is -2.16. The molecular weight excluding hydrogens is 447 g/mol. The van der Waals surface area contributed by atoms with Crippen LogP contribution in [0.3, 0.4) is 0 Å². The van der Waals surface area contributed by atoms with Gasteiger partial charge in [-0.1, -0.05) is 44.5 Å². The van der Waals surface area contributed by atoms with Crippen LogP contribution in [0.1, 0.15) is 56.6 Å². The van der Waals surface area contributed by atoms with Crippen molar-refractivity contribution in [3.05, 3.63) is 77.6 Å². The Morgan fingerprint density at radius 1 is 0.971 bits per heavy atom. The molecule has 0 saturated heterocycles. The van der Waals surface area contributed by atoms with E-state index in [2.05, 4.69) is 6.92 Å². The van der Waals surface area contributed by atoms with E-state index >= 15 is 0 Å². The van der Waals surface area contributed by atoms with Crippen LogP contribution in [0.5, 0.6) is 17.2 Å². The summed E-state index contributed by atoms with van der Waals surface area (Å²) < 4.78 is 32.0. The summed E-state index contributed by atoms with van der Waals surface area (Å²) in [5.41, 5.74) is 2.90. The van der Waals surface area contributed by atoms with Crippen molar-refractivity contribution in [1.29, 1.82) is 0 Å². The largest absolute Gasteiger partial charge is 0.497 e. The van der Waals surface area contributed by atoms with Gasteiger partial charge in [-0.25, -0.2) is 4.39 Å². The number of hydrogen-bond donors (Lipinski definition) is 1. The van der Waals surface area contributed by atoms with E-state index in [1.54, 1.807) is 19.2 Å². The number of methoxy groups -OCH3 is 1. The second-order valence-electron chi connectivity index (χ2n) is 8.44. The molecule has 0 aliphatic heterocycles. The summed E-state index contributed by atoms with van der Waals surface area (Å²) in [5.74, 6) is 0.606. The maximum absolute atomic E-state index is 14.7. The topological polar surface area (TPSA) is 65.0 Å². The van der Waals surface area contributed by atoms with Gasteiger partial charge < -0.3 is 19.3 Å². The van der Waals surface area contributed by atoms with E-state index < -0.39 is 5.97 Å². The smallest absolute Gasteiger partial charge is 0.303 e. The highest BCUT2D eigenvalue weighted by atomic mass is 19.1. The lowest BCUT2D eigenvalue weighted by molar-refractivity contribution is -0.137. The quantitative estimate of drug-likeness (QED) is 0.262. The van der Waals surface area contributed by atoms with Gasteiger partial charge in [0.2, 0.25) is 0 Å². The van der Waals surface area contributed by atoms with Gasteiger partial charge in [0.05, 0.1) is 20.1 Å². The molecule has 0 aliphatic rings. The SMILES string of the molecule is CCCCOc1cc(COc2cccc([C@@H](CC)CC(=O)O)c2)ccc1-c1cc(OC)ccc1F. The van der Waals surface area contributed by atoms with Gasteiger partial charge in [-0.15, -0.1) is 0 Å². The third-order valence-electron chi connectivity index (χ3n) is 5.91. The number of carbonyl (C=O) groups is 1. The van der Waals surface area contributed by atoms with Crippen molar-refractivity contribution in [2.75, 3.05) is 13.7 Å². The molecule has 0 amide bonds. The molecule has 35 heavy (non-hydrogen) atoms.